The standard InChI is InChI=1S/C22H15NO5/c1-26-16-4-2-3-15(12-16)22(25)27-17-5-6-18-19(13-17)28-20(21(18)24)11-14-7-9-23-10-8-14/h2-13H,1H3/b20-11-. The fourth-order valence-corrected chi connectivity index (χ4v) is 2.76. The Kier molecular flexibility index (Phi) is 4.60. The monoisotopic (exact) mass is 373 g/mol. The summed E-state index contributed by atoms with van der Waals surface area (Å²) in [6.45, 7) is 0. The molecule has 0 saturated heterocycles. The molecule has 0 fully saturated rings. The predicted molar refractivity (Wildman–Crippen MR) is 102 cm³/mol. The van der Waals surface area contributed by atoms with Crippen LogP contribution in [0.15, 0.2) is 72.8 Å². The SMILES string of the molecule is COc1cccc(C(=O)Oc2ccc3c(c2)O/C(=C\c2ccncc2)C3=O)c1. The number of allylic oxidation sites excluding steroid dienone is 1. The van der Waals surface area contributed by atoms with Crippen LogP contribution in [0.25, 0.3) is 6.08 Å². The number of fused-ring (bicyclic) bond motifs is 1. The lowest BCUT2D eigenvalue weighted by atomic mass is 10.1. The van der Waals surface area contributed by atoms with Crippen molar-refractivity contribution in [2.24, 2.45) is 0 Å². The molecule has 1 aromatic heterocycles. The van der Waals surface area contributed by atoms with Crippen molar-refractivity contribution in [2.45, 2.75) is 0 Å². The molecule has 6 nitrogen and oxygen atoms in total. The Morgan fingerprint density at radius 2 is 1.86 bits per heavy atom. The summed E-state index contributed by atoms with van der Waals surface area (Å²) < 4.78 is 16.2. The summed E-state index contributed by atoms with van der Waals surface area (Å²) in [6.07, 6.45) is 4.91. The molecule has 1 aliphatic heterocycles. The molecule has 4 rings (SSSR count). The van der Waals surface area contributed by atoms with Crippen molar-refractivity contribution in [1.29, 1.82) is 0 Å². The Bertz CT molecular complexity index is 1090. The van der Waals surface area contributed by atoms with Crippen LogP contribution in [0.5, 0.6) is 17.2 Å². The second kappa shape index (κ2) is 7.36. The van der Waals surface area contributed by atoms with Crippen LogP contribution in [0.4, 0.5) is 0 Å². The molecule has 1 aliphatic rings. The third-order valence-corrected chi connectivity index (χ3v) is 4.16. The highest BCUT2D eigenvalue weighted by Crippen LogP contribution is 2.35. The molecule has 2 heterocycles. The first kappa shape index (κ1) is 17.5. The Morgan fingerprint density at radius 3 is 2.64 bits per heavy atom. The van der Waals surface area contributed by atoms with Crippen LogP contribution >= 0.6 is 0 Å². The molecule has 138 valence electrons. The molecule has 28 heavy (non-hydrogen) atoms. The number of esters is 1. The summed E-state index contributed by atoms with van der Waals surface area (Å²) >= 11 is 0. The van der Waals surface area contributed by atoms with Crippen molar-refractivity contribution in [2.75, 3.05) is 7.11 Å². The second-order valence-corrected chi connectivity index (χ2v) is 6.00. The van der Waals surface area contributed by atoms with Gasteiger partial charge in [0.15, 0.2) is 5.76 Å². The molecular formula is C22H15NO5. The molecule has 3 aromatic rings. The van der Waals surface area contributed by atoms with Crippen LogP contribution in [0.2, 0.25) is 0 Å². The molecule has 0 atom stereocenters. The van der Waals surface area contributed by atoms with E-state index >= 15 is 0 Å². The van der Waals surface area contributed by atoms with Gasteiger partial charge in [0.25, 0.3) is 0 Å². The highest BCUT2D eigenvalue weighted by atomic mass is 16.5. The van der Waals surface area contributed by atoms with Crippen molar-refractivity contribution >= 4 is 17.8 Å². The summed E-state index contributed by atoms with van der Waals surface area (Å²) in [4.78, 5) is 28.8. The first-order valence-corrected chi connectivity index (χ1v) is 8.48. The number of Topliss-reactive ketones (excluding diaryl/α,β-unsaturated/α-hetero) is 1. The molecule has 0 aliphatic carbocycles. The summed E-state index contributed by atoms with van der Waals surface area (Å²) in [5, 5.41) is 0. The average molecular weight is 373 g/mol. The maximum Gasteiger partial charge on any atom is 0.343 e. The Morgan fingerprint density at radius 1 is 1.04 bits per heavy atom. The number of pyridine rings is 1. The lowest BCUT2D eigenvalue weighted by Crippen LogP contribution is -2.08. The molecule has 0 N–H and O–H groups in total. The maximum absolute atomic E-state index is 12.5. The lowest BCUT2D eigenvalue weighted by molar-refractivity contribution is 0.0734. The largest absolute Gasteiger partial charge is 0.497 e. The highest BCUT2D eigenvalue weighted by molar-refractivity contribution is 6.14. The number of hydrogen-bond donors (Lipinski definition) is 0. The minimum absolute atomic E-state index is 0.206. The summed E-state index contributed by atoms with van der Waals surface area (Å²) in [6, 6.07) is 14.9. The van der Waals surface area contributed by atoms with Crippen molar-refractivity contribution in [3.63, 3.8) is 0 Å². The van der Waals surface area contributed by atoms with E-state index < -0.39 is 5.97 Å². The van der Waals surface area contributed by atoms with Gasteiger partial charge in [-0.25, -0.2) is 4.79 Å². The molecule has 6 heteroatoms. The zero-order valence-electron chi connectivity index (χ0n) is 14.9. The van der Waals surface area contributed by atoms with Crippen LogP contribution in [-0.4, -0.2) is 23.8 Å². The number of ether oxygens (including phenoxy) is 3. The number of nitrogens with zero attached hydrogens (tertiary/aromatic N) is 1. The van der Waals surface area contributed by atoms with Crippen LogP contribution in [-0.2, 0) is 0 Å². The topological polar surface area (TPSA) is 74.7 Å². The minimum atomic E-state index is -0.532. The quantitative estimate of drug-likeness (QED) is 0.392. The van der Waals surface area contributed by atoms with Gasteiger partial charge in [-0.2, -0.15) is 0 Å². The van der Waals surface area contributed by atoms with Gasteiger partial charge in [0.1, 0.15) is 17.2 Å². The fraction of sp³-hybridized carbons (Fsp3) is 0.0455. The Hall–Kier alpha value is -3.93. The first-order chi connectivity index (χ1) is 13.6. The van der Waals surface area contributed by atoms with Crippen molar-refractivity contribution in [3.8, 4) is 17.2 Å². The van der Waals surface area contributed by atoms with E-state index in [9.17, 15) is 9.59 Å². The van der Waals surface area contributed by atoms with Gasteiger partial charge in [-0.05, 0) is 54.1 Å². The van der Waals surface area contributed by atoms with E-state index in [1.54, 1.807) is 67.0 Å². The normalized spacial score (nSPS) is 13.8. The number of benzene rings is 2. The third-order valence-electron chi connectivity index (χ3n) is 4.16. The van der Waals surface area contributed by atoms with E-state index in [4.69, 9.17) is 14.2 Å². The summed E-state index contributed by atoms with van der Waals surface area (Å²) in [7, 11) is 1.52. The number of ketones is 1. The molecule has 0 unspecified atom stereocenters. The van der Waals surface area contributed by atoms with E-state index in [2.05, 4.69) is 4.98 Å². The zero-order chi connectivity index (χ0) is 19.5. The Balaban J connectivity index is 1.54. The number of hydrogen-bond acceptors (Lipinski definition) is 6. The molecule has 0 spiro atoms. The lowest BCUT2D eigenvalue weighted by Gasteiger charge is -2.07. The van der Waals surface area contributed by atoms with E-state index in [1.807, 2.05) is 0 Å². The van der Waals surface area contributed by atoms with Gasteiger partial charge in [0.05, 0.1) is 18.2 Å². The van der Waals surface area contributed by atoms with Crippen LogP contribution < -0.4 is 14.2 Å². The first-order valence-electron chi connectivity index (χ1n) is 8.48. The highest BCUT2D eigenvalue weighted by Gasteiger charge is 2.28. The molecule has 2 aromatic carbocycles. The van der Waals surface area contributed by atoms with Crippen molar-refractivity contribution < 1.29 is 23.8 Å². The molecule has 0 radical (unpaired) electrons. The van der Waals surface area contributed by atoms with Gasteiger partial charge >= 0.3 is 5.97 Å². The van der Waals surface area contributed by atoms with Gasteiger partial charge in [-0.15, -0.1) is 0 Å². The number of rotatable bonds is 4. The van der Waals surface area contributed by atoms with E-state index in [-0.39, 0.29) is 17.3 Å². The number of aromatic nitrogens is 1. The predicted octanol–water partition coefficient (Wildman–Crippen LogP) is 3.93. The van der Waals surface area contributed by atoms with Gasteiger partial charge < -0.3 is 14.2 Å². The average Bonchev–Trinajstić information content (AvgIpc) is 3.03. The second-order valence-electron chi connectivity index (χ2n) is 6.00. The van der Waals surface area contributed by atoms with Crippen molar-refractivity contribution in [1.82, 2.24) is 4.98 Å². The Labute approximate surface area is 161 Å². The van der Waals surface area contributed by atoms with Gasteiger partial charge in [0.2, 0.25) is 5.78 Å². The molecular weight excluding hydrogens is 358 g/mol. The molecule has 0 saturated carbocycles. The van der Waals surface area contributed by atoms with E-state index in [0.29, 0.717) is 22.6 Å². The van der Waals surface area contributed by atoms with E-state index in [1.165, 1.54) is 13.2 Å². The van der Waals surface area contributed by atoms with Crippen molar-refractivity contribution in [3.05, 3.63) is 89.4 Å². The molecule has 0 bridgehead atoms. The third kappa shape index (κ3) is 3.48. The summed E-state index contributed by atoms with van der Waals surface area (Å²) in [5.74, 6) is 0.639. The van der Waals surface area contributed by atoms with Crippen LogP contribution in [0.3, 0.4) is 0 Å². The summed E-state index contributed by atoms with van der Waals surface area (Å²) in [5.41, 5.74) is 1.58. The minimum Gasteiger partial charge on any atom is -0.497 e. The van der Waals surface area contributed by atoms with E-state index in [0.717, 1.165) is 5.56 Å². The van der Waals surface area contributed by atoms with Gasteiger partial charge in [0, 0.05) is 18.5 Å². The van der Waals surface area contributed by atoms with Crippen LogP contribution in [0, 0.1) is 0 Å². The number of carbonyl (C=O) groups excluding carboxylic acids is 2. The molecule has 0 amide bonds. The maximum atomic E-state index is 12.5. The van der Waals surface area contributed by atoms with Gasteiger partial charge in [-0.1, -0.05) is 6.07 Å². The fourth-order valence-electron chi connectivity index (χ4n) is 2.76. The zero-order valence-corrected chi connectivity index (χ0v) is 14.9. The number of carbonyl (C=O) groups is 2. The van der Waals surface area contributed by atoms with Gasteiger partial charge in [-0.3, -0.25) is 9.78 Å². The smallest absolute Gasteiger partial charge is 0.343 e. The van der Waals surface area contributed by atoms with Crippen LogP contribution in [0.1, 0.15) is 26.3 Å². The number of methoxy groups -OCH3 is 1.